The molecule has 0 spiro atoms. The Bertz CT molecular complexity index is 1180. The number of aromatic nitrogens is 2. The zero-order valence-corrected chi connectivity index (χ0v) is 22.2. The summed E-state index contributed by atoms with van der Waals surface area (Å²) in [6.07, 6.45) is 4.75. The van der Waals surface area contributed by atoms with Gasteiger partial charge in [0.25, 0.3) is 5.91 Å². The molecule has 9 nitrogen and oxygen atoms in total. The summed E-state index contributed by atoms with van der Waals surface area (Å²) in [5, 5.41) is 18.4. The average Bonchev–Trinajstić information content (AvgIpc) is 3.47. The predicted octanol–water partition coefficient (Wildman–Crippen LogP) is 1.82. The summed E-state index contributed by atoms with van der Waals surface area (Å²) in [5.41, 5.74) is 1.48. The van der Waals surface area contributed by atoms with Crippen LogP contribution in [0.4, 0.5) is 0 Å². The lowest BCUT2D eigenvalue weighted by atomic mass is 9.97. The van der Waals surface area contributed by atoms with Crippen molar-refractivity contribution in [2.24, 2.45) is 0 Å². The third kappa shape index (κ3) is 5.18. The number of fused-ring (bicyclic) bond motifs is 3. The number of aliphatic hydroxyl groups excluding tert-OH is 1. The van der Waals surface area contributed by atoms with Gasteiger partial charge >= 0.3 is 0 Å². The van der Waals surface area contributed by atoms with Gasteiger partial charge in [0.05, 0.1) is 23.6 Å². The van der Waals surface area contributed by atoms with Crippen LogP contribution >= 0.6 is 0 Å². The van der Waals surface area contributed by atoms with Crippen molar-refractivity contribution < 1.29 is 18.3 Å². The van der Waals surface area contributed by atoms with E-state index in [-0.39, 0.29) is 42.1 Å². The number of nitrogens with zero attached hydrogens (tertiary/aromatic N) is 4. The van der Waals surface area contributed by atoms with Crippen molar-refractivity contribution in [2.75, 3.05) is 37.7 Å². The molecule has 5 rings (SSSR count). The maximum Gasteiger partial charge on any atom is 0.272 e. The second kappa shape index (κ2) is 10.4. The Labute approximate surface area is 213 Å². The molecular formula is C26H39N5O4S. The van der Waals surface area contributed by atoms with E-state index >= 15 is 0 Å². The van der Waals surface area contributed by atoms with Gasteiger partial charge < -0.3 is 10.4 Å². The number of para-hydroxylation sites is 1. The molecule has 2 aromatic rings. The molecule has 1 aromatic heterocycles. The lowest BCUT2D eigenvalue weighted by molar-refractivity contribution is 0.0753. The van der Waals surface area contributed by atoms with Crippen LogP contribution in [0.5, 0.6) is 0 Å². The molecule has 1 aromatic carbocycles. The van der Waals surface area contributed by atoms with E-state index in [1.165, 1.54) is 0 Å². The first-order chi connectivity index (χ1) is 17.3. The summed E-state index contributed by atoms with van der Waals surface area (Å²) >= 11 is 0. The fourth-order valence-electron chi connectivity index (χ4n) is 6.57. The number of sulfone groups is 1. The number of hydrogen-bond donors (Lipinski definition) is 2. The Morgan fingerprint density at radius 2 is 1.89 bits per heavy atom. The Kier molecular flexibility index (Phi) is 7.40. The van der Waals surface area contributed by atoms with Crippen LogP contribution in [-0.2, 0) is 9.84 Å². The fourth-order valence-corrected chi connectivity index (χ4v) is 8.34. The van der Waals surface area contributed by atoms with Crippen molar-refractivity contribution in [3.63, 3.8) is 0 Å². The molecule has 1 amide bonds. The number of carbonyl (C=O) groups excluding carboxylic acids is 1. The van der Waals surface area contributed by atoms with E-state index in [0.717, 1.165) is 49.7 Å². The Morgan fingerprint density at radius 1 is 1.17 bits per heavy atom. The number of aliphatic hydroxyl groups is 1. The minimum atomic E-state index is -2.95. The van der Waals surface area contributed by atoms with Gasteiger partial charge in [-0.3, -0.25) is 19.3 Å². The van der Waals surface area contributed by atoms with E-state index in [0.29, 0.717) is 30.7 Å². The molecule has 0 saturated carbocycles. The largest absolute Gasteiger partial charge is 0.395 e. The lowest BCUT2D eigenvalue weighted by Crippen LogP contribution is -2.53. The van der Waals surface area contributed by atoms with Crippen LogP contribution in [0.1, 0.15) is 62.5 Å². The summed E-state index contributed by atoms with van der Waals surface area (Å²) in [7, 11) is -2.95. The molecule has 198 valence electrons. The molecule has 4 atom stereocenters. The minimum absolute atomic E-state index is 0.0112. The van der Waals surface area contributed by atoms with Crippen LogP contribution < -0.4 is 5.32 Å². The van der Waals surface area contributed by atoms with Gasteiger partial charge in [0.2, 0.25) is 0 Å². The van der Waals surface area contributed by atoms with E-state index in [4.69, 9.17) is 0 Å². The molecule has 0 radical (unpaired) electrons. The maximum atomic E-state index is 13.3. The first kappa shape index (κ1) is 25.6. The van der Waals surface area contributed by atoms with E-state index in [1.54, 1.807) is 0 Å². The highest BCUT2D eigenvalue weighted by Gasteiger charge is 2.42. The molecule has 3 saturated heterocycles. The molecule has 10 heteroatoms. The number of benzene rings is 1. The van der Waals surface area contributed by atoms with Gasteiger partial charge in [-0.2, -0.15) is 5.10 Å². The summed E-state index contributed by atoms with van der Waals surface area (Å²) in [5.74, 6) is 0.357. The van der Waals surface area contributed by atoms with Gasteiger partial charge in [-0.15, -0.1) is 0 Å². The monoisotopic (exact) mass is 517 g/mol. The smallest absolute Gasteiger partial charge is 0.272 e. The highest BCUT2D eigenvalue weighted by molar-refractivity contribution is 7.91. The Balaban J connectivity index is 1.21. The number of amides is 1. The molecular weight excluding hydrogens is 478 g/mol. The van der Waals surface area contributed by atoms with Gasteiger partial charge in [0, 0.05) is 55.2 Å². The summed E-state index contributed by atoms with van der Waals surface area (Å²) < 4.78 is 25.8. The number of nitrogens with one attached hydrogen (secondary N) is 1. The Morgan fingerprint density at radius 3 is 2.53 bits per heavy atom. The predicted molar refractivity (Wildman–Crippen MR) is 140 cm³/mol. The zero-order valence-electron chi connectivity index (χ0n) is 21.3. The van der Waals surface area contributed by atoms with Gasteiger partial charge in [-0.25, -0.2) is 8.42 Å². The Hall–Kier alpha value is -2.01. The van der Waals surface area contributed by atoms with E-state index in [2.05, 4.69) is 34.1 Å². The summed E-state index contributed by atoms with van der Waals surface area (Å²) in [6.45, 7) is 6.33. The zero-order chi connectivity index (χ0) is 25.4. The molecule has 36 heavy (non-hydrogen) atoms. The van der Waals surface area contributed by atoms with Crippen molar-refractivity contribution in [1.29, 1.82) is 0 Å². The van der Waals surface area contributed by atoms with Crippen LogP contribution in [-0.4, -0.2) is 101 Å². The molecule has 3 aliphatic heterocycles. The van der Waals surface area contributed by atoms with Crippen molar-refractivity contribution in [3.8, 4) is 0 Å². The van der Waals surface area contributed by atoms with Gasteiger partial charge in [0.15, 0.2) is 15.5 Å². The van der Waals surface area contributed by atoms with E-state index in [1.807, 2.05) is 28.9 Å². The normalized spacial score (nSPS) is 27.9. The standard InChI is InChI=1S/C26H39N5O4S/c1-18(2)31-24-6-4-3-5-23(24)25(28-31)26(33)27-19-15-20-7-8-21(16-19)30(20)11-10-29(12-13-32)22-9-14-36(34,35)17-22/h3-6,18-22,32H,7-17H2,1-2H3,(H,27,33)/t19-,20-,21+,22?. The van der Waals surface area contributed by atoms with Crippen LogP contribution in [0.15, 0.2) is 24.3 Å². The summed E-state index contributed by atoms with van der Waals surface area (Å²) in [4.78, 5) is 18.0. The molecule has 0 aliphatic carbocycles. The molecule has 1 unspecified atom stereocenters. The second-order valence-corrected chi connectivity index (χ2v) is 13.2. The van der Waals surface area contributed by atoms with E-state index in [9.17, 15) is 18.3 Å². The average molecular weight is 518 g/mol. The maximum absolute atomic E-state index is 13.3. The SMILES string of the molecule is CC(C)n1nc(C(=O)N[C@@H]2C[C@H]3CC[C@@H](C2)N3CCN(CCO)C2CCS(=O)(=O)C2)c2ccccc21. The quantitative estimate of drug-likeness (QED) is 0.522. The topological polar surface area (TPSA) is 108 Å². The van der Waals surface area contributed by atoms with Gasteiger partial charge in [-0.05, 0) is 52.0 Å². The van der Waals surface area contributed by atoms with Crippen molar-refractivity contribution >= 4 is 26.6 Å². The van der Waals surface area contributed by atoms with Gasteiger partial charge in [-0.1, -0.05) is 18.2 Å². The lowest BCUT2D eigenvalue weighted by Gasteiger charge is -2.40. The van der Waals surface area contributed by atoms with Crippen molar-refractivity contribution in [3.05, 3.63) is 30.0 Å². The molecule has 4 heterocycles. The third-order valence-electron chi connectivity index (χ3n) is 8.29. The first-order valence-corrected chi connectivity index (χ1v) is 15.2. The number of hydrogen-bond acceptors (Lipinski definition) is 7. The number of carbonyl (C=O) groups is 1. The molecule has 3 fully saturated rings. The van der Waals surface area contributed by atoms with Crippen LogP contribution in [0.2, 0.25) is 0 Å². The second-order valence-electron chi connectivity index (χ2n) is 11.0. The number of piperidine rings is 1. The fraction of sp³-hybridized carbons (Fsp3) is 0.692. The highest BCUT2D eigenvalue weighted by Crippen LogP contribution is 2.36. The summed E-state index contributed by atoms with van der Waals surface area (Å²) in [6, 6.07) is 9.06. The molecule has 2 N–H and O–H groups in total. The van der Waals surface area contributed by atoms with E-state index < -0.39 is 9.84 Å². The molecule has 2 bridgehead atoms. The first-order valence-electron chi connectivity index (χ1n) is 13.3. The minimum Gasteiger partial charge on any atom is -0.395 e. The van der Waals surface area contributed by atoms with Crippen molar-refractivity contribution in [1.82, 2.24) is 24.9 Å². The highest BCUT2D eigenvalue weighted by atomic mass is 32.2. The number of rotatable bonds is 9. The van der Waals surface area contributed by atoms with Crippen LogP contribution in [0, 0.1) is 0 Å². The van der Waals surface area contributed by atoms with Crippen LogP contribution in [0.25, 0.3) is 10.9 Å². The van der Waals surface area contributed by atoms with Crippen molar-refractivity contribution in [2.45, 2.75) is 76.2 Å². The van der Waals surface area contributed by atoms with Gasteiger partial charge in [0.1, 0.15) is 0 Å². The molecule has 3 aliphatic rings. The van der Waals surface area contributed by atoms with Crippen LogP contribution in [0.3, 0.4) is 0 Å². The third-order valence-corrected chi connectivity index (χ3v) is 10.0.